The summed E-state index contributed by atoms with van der Waals surface area (Å²) < 4.78 is 37.1. The number of rotatable bonds is 0. The van der Waals surface area contributed by atoms with E-state index in [0.29, 0.717) is 4.60 Å². The standard InChI is InChI=1S/C5H4BrF3N2/c1-11-4(6)2-3(10-11)5(7,8)9/h2H,1H3. The van der Waals surface area contributed by atoms with Gasteiger partial charge in [-0.1, -0.05) is 0 Å². The molecule has 11 heavy (non-hydrogen) atoms. The van der Waals surface area contributed by atoms with Crippen molar-refractivity contribution in [2.45, 2.75) is 6.18 Å². The predicted octanol–water partition coefficient (Wildman–Crippen LogP) is 2.20. The minimum Gasteiger partial charge on any atom is -0.261 e. The summed E-state index contributed by atoms with van der Waals surface area (Å²) in [6.45, 7) is 0. The van der Waals surface area contributed by atoms with E-state index in [1.807, 2.05) is 0 Å². The Morgan fingerprint density at radius 3 is 2.27 bits per heavy atom. The third-order valence-corrected chi connectivity index (χ3v) is 1.86. The molecule has 1 aromatic rings. The van der Waals surface area contributed by atoms with Gasteiger partial charge in [-0.3, -0.25) is 4.68 Å². The van der Waals surface area contributed by atoms with Crippen molar-refractivity contribution in [2.75, 3.05) is 0 Å². The van der Waals surface area contributed by atoms with E-state index in [-0.39, 0.29) is 0 Å². The fourth-order valence-electron chi connectivity index (χ4n) is 0.583. The number of aromatic nitrogens is 2. The molecule has 0 aliphatic rings. The highest BCUT2D eigenvalue weighted by Crippen LogP contribution is 2.29. The summed E-state index contributed by atoms with van der Waals surface area (Å²) in [6.07, 6.45) is -4.36. The second-order valence-electron chi connectivity index (χ2n) is 1.97. The van der Waals surface area contributed by atoms with Crippen LogP contribution in [0.5, 0.6) is 0 Å². The average Bonchev–Trinajstić information content (AvgIpc) is 2.11. The fourth-order valence-corrected chi connectivity index (χ4v) is 0.879. The highest BCUT2D eigenvalue weighted by atomic mass is 79.9. The number of aryl methyl sites for hydroxylation is 1. The second-order valence-corrected chi connectivity index (χ2v) is 2.79. The number of hydrogen-bond acceptors (Lipinski definition) is 1. The predicted molar refractivity (Wildman–Crippen MR) is 35.9 cm³/mol. The second kappa shape index (κ2) is 2.51. The Morgan fingerprint density at radius 2 is 2.09 bits per heavy atom. The van der Waals surface area contributed by atoms with Crippen LogP contribution in [0.15, 0.2) is 10.7 Å². The van der Waals surface area contributed by atoms with Gasteiger partial charge in [-0.25, -0.2) is 0 Å². The van der Waals surface area contributed by atoms with Crippen LogP contribution in [0.25, 0.3) is 0 Å². The van der Waals surface area contributed by atoms with Gasteiger partial charge in [0.1, 0.15) is 4.60 Å². The maximum atomic E-state index is 11.9. The van der Waals surface area contributed by atoms with E-state index in [0.717, 1.165) is 10.7 Å². The van der Waals surface area contributed by atoms with Gasteiger partial charge in [0.15, 0.2) is 5.69 Å². The highest BCUT2D eigenvalue weighted by molar-refractivity contribution is 9.10. The monoisotopic (exact) mass is 228 g/mol. The van der Waals surface area contributed by atoms with Crippen molar-refractivity contribution in [3.63, 3.8) is 0 Å². The highest BCUT2D eigenvalue weighted by Gasteiger charge is 2.34. The number of nitrogens with zero attached hydrogens (tertiary/aromatic N) is 2. The van der Waals surface area contributed by atoms with Gasteiger partial charge in [0.2, 0.25) is 0 Å². The molecule has 0 aliphatic carbocycles. The molecule has 0 amide bonds. The lowest BCUT2D eigenvalue weighted by Gasteiger charge is -1.98. The van der Waals surface area contributed by atoms with Crippen molar-refractivity contribution in [3.05, 3.63) is 16.4 Å². The zero-order valence-electron chi connectivity index (χ0n) is 5.48. The minimum absolute atomic E-state index is 0.310. The van der Waals surface area contributed by atoms with Crippen LogP contribution in [0.3, 0.4) is 0 Å². The van der Waals surface area contributed by atoms with Crippen LogP contribution >= 0.6 is 15.9 Å². The zero-order valence-corrected chi connectivity index (χ0v) is 7.07. The lowest BCUT2D eigenvalue weighted by atomic mass is 10.4. The Hall–Kier alpha value is -0.520. The van der Waals surface area contributed by atoms with Crippen LogP contribution in [0.2, 0.25) is 0 Å². The Morgan fingerprint density at radius 1 is 1.55 bits per heavy atom. The van der Waals surface area contributed by atoms with E-state index in [1.165, 1.54) is 7.05 Å². The van der Waals surface area contributed by atoms with Gasteiger partial charge in [-0.05, 0) is 15.9 Å². The fraction of sp³-hybridized carbons (Fsp3) is 0.400. The third-order valence-electron chi connectivity index (χ3n) is 1.11. The maximum Gasteiger partial charge on any atom is 0.435 e. The molecule has 0 aromatic carbocycles. The van der Waals surface area contributed by atoms with Gasteiger partial charge in [0, 0.05) is 13.1 Å². The van der Waals surface area contributed by atoms with Crippen LogP contribution in [0, 0.1) is 0 Å². The number of hydrogen-bond donors (Lipinski definition) is 0. The Bertz CT molecular complexity index is 246. The molecule has 0 aliphatic heterocycles. The first kappa shape index (κ1) is 8.58. The van der Waals surface area contributed by atoms with Crippen molar-refractivity contribution in [1.82, 2.24) is 9.78 Å². The Kier molecular flexibility index (Phi) is 1.96. The summed E-state index contributed by atoms with van der Waals surface area (Å²) in [6, 6.07) is 0.931. The summed E-state index contributed by atoms with van der Waals surface area (Å²) in [5, 5.41) is 3.23. The molecule has 0 saturated carbocycles. The molecule has 1 rings (SSSR count). The van der Waals surface area contributed by atoms with E-state index in [9.17, 15) is 13.2 Å². The SMILES string of the molecule is Cn1nc(C(F)(F)F)cc1Br. The largest absolute Gasteiger partial charge is 0.435 e. The van der Waals surface area contributed by atoms with Crippen LogP contribution in [-0.4, -0.2) is 9.78 Å². The molecule has 0 bridgehead atoms. The average molecular weight is 229 g/mol. The van der Waals surface area contributed by atoms with E-state index >= 15 is 0 Å². The molecule has 0 atom stereocenters. The smallest absolute Gasteiger partial charge is 0.261 e. The first-order valence-corrected chi connectivity index (χ1v) is 3.47. The van der Waals surface area contributed by atoms with E-state index in [2.05, 4.69) is 21.0 Å². The van der Waals surface area contributed by atoms with Crippen molar-refractivity contribution in [1.29, 1.82) is 0 Å². The van der Waals surface area contributed by atoms with E-state index in [4.69, 9.17) is 0 Å². The molecule has 0 radical (unpaired) electrons. The number of alkyl halides is 3. The molecular formula is C5H4BrF3N2. The van der Waals surface area contributed by atoms with Gasteiger partial charge in [0.05, 0.1) is 0 Å². The molecule has 2 nitrogen and oxygen atoms in total. The first-order chi connectivity index (χ1) is 4.91. The first-order valence-electron chi connectivity index (χ1n) is 2.68. The topological polar surface area (TPSA) is 17.8 Å². The summed E-state index contributed by atoms with van der Waals surface area (Å²) in [5.74, 6) is 0. The normalized spacial score (nSPS) is 12.1. The molecule has 62 valence electrons. The summed E-state index contributed by atoms with van der Waals surface area (Å²) >= 11 is 2.91. The van der Waals surface area contributed by atoms with Crippen LogP contribution < -0.4 is 0 Å². The lowest BCUT2D eigenvalue weighted by molar-refractivity contribution is -0.141. The molecule has 1 aromatic heterocycles. The maximum absolute atomic E-state index is 11.9. The van der Waals surface area contributed by atoms with Gasteiger partial charge in [-0.15, -0.1) is 0 Å². The van der Waals surface area contributed by atoms with E-state index < -0.39 is 11.9 Å². The van der Waals surface area contributed by atoms with Gasteiger partial charge in [-0.2, -0.15) is 18.3 Å². The molecule has 0 spiro atoms. The van der Waals surface area contributed by atoms with Gasteiger partial charge >= 0.3 is 6.18 Å². The third kappa shape index (κ3) is 1.74. The van der Waals surface area contributed by atoms with Gasteiger partial charge < -0.3 is 0 Å². The van der Waals surface area contributed by atoms with Crippen molar-refractivity contribution < 1.29 is 13.2 Å². The van der Waals surface area contributed by atoms with Crippen LogP contribution in [0.4, 0.5) is 13.2 Å². The molecule has 0 N–H and O–H groups in total. The van der Waals surface area contributed by atoms with Crippen molar-refractivity contribution >= 4 is 15.9 Å². The summed E-state index contributed by atoms with van der Waals surface area (Å²) in [5.41, 5.74) is -0.883. The van der Waals surface area contributed by atoms with Crippen molar-refractivity contribution in [2.24, 2.45) is 7.05 Å². The lowest BCUT2D eigenvalue weighted by Crippen LogP contribution is -2.06. The molecule has 0 unspecified atom stereocenters. The Balaban J connectivity index is 3.08. The molecule has 0 fully saturated rings. The molecule has 0 saturated heterocycles. The number of halogens is 4. The van der Waals surface area contributed by atoms with Crippen LogP contribution in [-0.2, 0) is 13.2 Å². The van der Waals surface area contributed by atoms with Gasteiger partial charge in [0.25, 0.3) is 0 Å². The molecular weight excluding hydrogens is 225 g/mol. The van der Waals surface area contributed by atoms with E-state index in [1.54, 1.807) is 0 Å². The zero-order chi connectivity index (χ0) is 8.65. The summed E-state index contributed by atoms with van der Waals surface area (Å²) in [7, 11) is 1.43. The summed E-state index contributed by atoms with van der Waals surface area (Å²) in [4.78, 5) is 0. The Labute approximate surface area is 69.1 Å². The van der Waals surface area contributed by atoms with Crippen LogP contribution in [0.1, 0.15) is 5.69 Å². The minimum atomic E-state index is -4.36. The molecule has 6 heteroatoms. The quantitative estimate of drug-likeness (QED) is 0.666. The van der Waals surface area contributed by atoms with Crippen molar-refractivity contribution in [3.8, 4) is 0 Å². The molecule has 1 heterocycles.